The molecule has 2 aromatic rings. The predicted molar refractivity (Wildman–Crippen MR) is 94.5 cm³/mol. The van der Waals surface area contributed by atoms with Gasteiger partial charge in [0.15, 0.2) is 5.82 Å². The van der Waals surface area contributed by atoms with Gasteiger partial charge in [0.25, 0.3) is 0 Å². The van der Waals surface area contributed by atoms with Crippen LogP contribution in [-0.2, 0) is 24.3 Å². The smallest absolute Gasteiger partial charge is 0.240 e. The van der Waals surface area contributed by atoms with Crippen LogP contribution in [0.2, 0.25) is 0 Å². The first-order valence-corrected chi connectivity index (χ1v) is 9.20. The first-order valence-electron chi connectivity index (χ1n) is 9.20. The van der Waals surface area contributed by atoms with Gasteiger partial charge in [0.05, 0.1) is 6.54 Å². The number of halogens is 1. The number of benzene rings is 1. The minimum Gasteiger partial charge on any atom is -0.352 e. The van der Waals surface area contributed by atoms with Gasteiger partial charge in [0.1, 0.15) is 5.82 Å². The van der Waals surface area contributed by atoms with Crippen LogP contribution in [0.3, 0.4) is 0 Å². The molecule has 2 heterocycles. The fraction of sp³-hybridized carbons (Fsp3) is 0.526. The van der Waals surface area contributed by atoms with Crippen molar-refractivity contribution in [1.82, 2.24) is 20.4 Å². The number of carbonyl (C=O) groups excluding carboxylic acids is 1. The van der Waals surface area contributed by atoms with Crippen LogP contribution < -0.4 is 5.32 Å². The summed E-state index contributed by atoms with van der Waals surface area (Å²) in [6, 6.07) is 6.19. The summed E-state index contributed by atoms with van der Waals surface area (Å²) in [4.78, 5) is 19.0. The minimum atomic E-state index is -0.268. The number of nitrogens with one attached hydrogen (secondary N) is 1. The second-order valence-corrected chi connectivity index (χ2v) is 6.75. The van der Waals surface area contributed by atoms with Crippen LogP contribution in [0.5, 0.6) is 0 Å². The topological polar surface area (TPSA) is 71.3 Å². The summed E-state index contributed by atoms with van der Waals surface area (Å²) in [5, 5.41) is 6.92. The van der Waals surface area contributed by atoms with Crippen molar-refractivity contribution in [3.05, 3.63) is 47.4 Å². The Morgan fingerprint density at radius 1 is 1.31 bits per heavy atom. The van der Waals surface area contributed by atoms with Crippen LogP contribution >= 0.6 is 0 Å². The van der Waals surface area contributed by atoms with E-state index in [-0.39, 0.29) is 17.6 Å². The number of nitrogens with zero attached hydrogens (tertiary/aromatic N) is 3. The van der Waals surface area contributed by atoms with Gasteiger partial charge in [0.2, 0.25) is 11.8 Å². The molecule has 1 aromatic carbocycles. The highest BCUT2D eigenvalue weighted by molar-refractivity contribution is 5.78. The molecule has 0 spiro atoms. The molecular formula is C19H25FN4O2. The maximum Gasteiger partial charge on any atom is 0.240 e. The summed E-state index contributed by atoms with van der Waals surface area (Å²) < 4.78 is 18.2. The van der Waals surface area contributed by atoms with Gasteiger partial charge in [-0.15, -0.1) is 0 Å². The number of amides is 1. The van der Waals surface area contributed by atoms with E-state index in [1.807, 2.05) is 0 Å². The second kappa shape index (κ2) is 8.89. The van der Waals surface area contributed by atoms with E-state index in [2.05, 4.69) is 27.3 Å². The maximum absolute atomic E-state index is 12.9. The SMILES string of the molecule is CCCc1noc(CN2CCC(C(=O)NCc3ccc(F)cc3)CC2)n1. The van der Waals surface area contributed by atoms with E-state index in [1.165, 1.54) is 12.1 Å². The predicted octanol–water partition coefficient (Wildman–Crippen LogP) is 2.69. The van der Waals surface area contributed by atoms with Gasteiger partial charge in [-0.1, -0.05) is 24.2 Å². The molecular weight excluding hydrogens is 335 g/mol. The van der Waals surface area contributed by atoms with Gasteiger partial charge in [0, 0.05) is 18.9 Å². The van der Waals surface area contributed by atoms with E-state index in [0.717, 1.165) is 50.2 Å². The van der Waals surface area contributed by atoms with E-state index >= 15 is 0 Å². The molecule has 1 aliphatic heterocycles. The number of aromatic nitrogens is 2. The number of carbonyl (C=O) groups is 1. The van der Waals surface area contributed by atoms with E-state index in [9.17, 15) is 9.18 Å². The molecule has 0 radical (unpaired) electrons. The Labute approximate surface area is 152 Å². The zero-order valence-corrected chi connectivity index (χ0v) is 15.1. The van der Waals surface area contributed by atoms with Gasteiger partial charge in [-0.2, -0.15) is 4.98 Å². The van der Waals surface area contributed by atoms with E-state index < -0.39 is 0 Å². The monoisotopic (exact) mass is 360 g/mol. The molecule has 0 atom stereocenters. The van der Waals surface area contributed by atoms with Crippen LogP contribution in [0.1, 0.15) is 43.5 Å². The Bertz CT molecular complexity index is 709. The fourth-order valence-electron chi connectivity index (χ4n) is 3.16. The van der Waals surface area contributed by atoms with E-state index in [1.54, 1.807) is 12.1 Å². The molecule has 1 saturated heterocycles. The first-order chi connectivity index (χ1) is 12.6. The number of hydrogen-bond donors (Lipinski definition) is 1. The maximum atomic E-state index is 12.9. The summed E-state index contributed by atoms with van der Waals surface area (Å²) in [6.07, 6.45) is 3.45. The lowest BCUT2D eigenvalue weighted by atomic mass is 9.96. The van der Waals surface area contributed by atoms with Gasteiger partial charge in [-0.05, 0) is 50.0 Å². The molecule has 1 fully saturated rings. The van der Waals surface area contributed by atoms with Gasteiger partial charge in [-0.3, -0.25) is 9.69 Å². The number of aryl methyl sites for hydroxylation is 1. The van der Waals surface area contributed by atoms with Crippen molar-refractivity contribution >= 4 is 5.91 Å². The van der Waals surface area contributed by atoms with Crippen LogP contribution in [0.25, 0.3) is 0 Å². The molecule has 7 heteroatoms. The zero-order valence-electron chi connectivity index (χ0n) is 15.1. The lowest BCUT2D eigenvalue weighted by molar-refractivity contribution is -0.126. The number of likely N-dealkylation sites (tertiary alicyclic amines) is 1. The normalized spacial score (nSPS) is 15.9. The number of hydrogen-bond acceptors (Lipinski definition) is 5. The van der Waals surface area contributed by atoms with Crippen molar-refractivity contribution in [3.63, 3.8) is 0 Å². The summed E-state index contributed by atoms with van der Waals surface area (Å²) in [5.74, 6) is 1.22. The van der Waals surface area contributed by atoms with Crippen LogP contribution in [0.4, 0.5) is 4.39 Å². The highest BCUT2D eigenvalue weighted by atomic mass is 19.1. The molecule has 1 amide bonds. The molecule has 0 unspecified atom stereocenters. The van der Waals surface area contributed by atoms with Gasteiger partial charge in [-0.25, -0.2) is 4.39 Å². The van der Waals surface area contributed by atoms with Crippen molar-refractivity contribution in [2.24, 2.45) is 5.92 Å². The largest absolute Gasteiger partial charge is 0.352 e. The third kappa shape index (κ3) is 5.11. The summed E-state index contributed by atoms with van der Waals surface area (Å²) in [5.41, 5.74) is 0.900. The molecule has 0 aliphatic carbocycles. The highest BCUT2D eigenvalue weighted by Crippen LogP contribution is 2.19. The molecule has 1 aromatic heterocycles. The summed E-state index contributed by atoms with van der Waals surface area (Å²) >= 11 is 0. The minimum absolute atomic E-state index is 0.0186. The molecule has 1 aliphatic rings. The third-order valence-corrected chi connectivity index (χ3v) is 4.68. The third-order valence-electron chi connectivity index (χ3n) is 4.68. The Kier molecular flexibility index (Phi) is 6.33. The molecule has 1 N–H and O–H groups in total. The lowest BCUT2D eigenvalue weighted by Crippen LogP contribution is -2.40. The van der Waals surface area contributed by atoms with E-state index in [4.69, 9.17) is 4.52 Å². The molecule has 6 nitrogen and oxygen atoms in total. The Morgan fingerprint density at radius 3 is 2.73 bits per heavy atom. The summed E-state index contributed by atoms with van der Waals surface area (Å²) in [7, 11) is 0. The van der Waals surface area contributed by atoms with Crippen LogP contribution in [0, 0.1) is 11.7 Å². The second-order valence-electron chi connectivity index (χ2n) is 6.75. The van der Waals surface area contributed by atoms with Crippen molar-refractivity contribution in [3.8, 4) is 0 Å². The molecule has 0 saturated carbocycles. The standard InChI is InChI=1S/C19H25FN4O2/c1-2-3-17-22-18(26-23-17)13-24-10-8-15(9-11-24)19(25)21-12-14-4-6-16(20)7-5-14/h4-7,15H,2-3,8-13H2,1H3,(H,21,25). The quantitative estimate of drug-likeness (QED) is 0.822. The highest BCUT2D eigenvalue weighted by Gasteiger charge is 2.25. The number of rotatable bonds is 7. The Hall–Kier alpha value is -2.28. The van der Waals surface area contributed by atoms with Crippen LogP contribution in [0.15, 0.2) is 28.8 Å². The number of piperidine rings is 1. The Balaban J connectivity index is 1.41. The molecule has 140 valence electrons. The fourth-order valence-corrected chi connectivity index (χ4v) is 3.16. The molecule has 3 rings (SSSR count). The Morgan fingerprint density at radius 2 is 2.04 bits per heavy atom. The molecule has 0 bridgehead atoms. The van der Waals surface area contributed by atoms with Gasteiger partial charge < -0.3 is 9.84 Å². The molecule has 26 heavy (non-hydrogen) atoms. The lowest BCUT2D eigenvalue weighted by Gasteiger charge is -2.30. The first kappa shape index (κ1) is 18.5. The van der Waals surface area contributed by atoms with Crippen molar-refractivity contribution in [2.45, 2.75) is 45.7 Å². The van der Waals surface area contributed by atoms with Crippen LogP contribution in [-0.4, -0.2) is 34.0 Å². The zero-order chi connectivity index (χ0) is 18.4. The average molecular weight is 360 g/mol. The van der Waals surface area contributed by atoms with Crippen molar-refractivity contribution in [2.75, 3.05) is 13.1 Å². The average Bonchev–Trinajstić information content (AvgIpc) is 3.09. The van der Waals surface area contributed by atoms with E-state index in [0.29, 0.717) is 19.0 Å². The van der Waals surface area contributed by atoms with Gasteiger partial charge >= 0.3 is 0 Å². The van der Waals surface area contributed by atoms with Crippen molar-refractivity contribution in [1.29, 1.82) is 0 Å². The van der Waals surface area contributed by atoms with Crippen molar-refractivity contribution < 1.29 is 13.7 Å². The summed E-state index contributed by atoms with van der Waals surface area (Å²) in [6.45, 7) is 4.82.